The lowest BCUT2D eigenvalue weighted by Crippen LogP contribution is -2.40. The zero-order valence-electron chi connectivity index (χ0n) is 12.3. The monoisotopic (exact) mass is 317 g/mol. The Morgan fingerprint density at radius 1 is 1.43 bits per heavy atom. The van der Waals surface area contributed by atoms with Crippen LogP contribution in [0.4, 0.5) is 4.39 Å². The molecule has 0 heterocycles. The number of carbonyl (C=O) groups is 1. The number of amides is 1. The molecule has 1 amide bonds. The zero-order valence-corrected chi connectivity index (χ0v) is 13.1. The molecule has 3 N–H and O–H groups in total. The largest absolute Gasteiger partial charge is 0.353 e. The molecule has 0 fully saturated rings. The smallest absolute Gasteiger partial charge is 0.243 e. The second-order valence-electron chi connectivity index (χ2n) is 4.94. The molecule has 1 rings (SSSR count). The first kappa shape index (κ1) is 17.5. The summed E-state index contributed by atoms with van der Waals surface area (Å²) in [4.78, 5) is 11.5. The van der Waals surface area contributed by atoms with Crippen molar-refractivity contribution in [2.75, 3.05) is 13.6 Å². The summed E-state index contributed by atoms with van der Waals surface area (Å²) in [5.74, 6) is -0.964. The highest BCUT2D eigenvalue weighted by Crippen LogP contribution is 2.18. The van der Waals surface area contributed by atoms with Gasteiger partial charge in [0.15, 0.2) is 0 Å². The van der Waals surface area contributed by atoms with E-state index in [1.54, 1.807) is 13.8 Å². The van der Waals surface area contributed by atoms with Gasteiger partial charge < -0.3 is 11.1 Å². The predicted octanol–water partition coefficient (Wildman–Crippen LogP) is 0.430. The van der Waals surface area contributed by atoms with E-state index in [-0.39, 0.29) is 29.6 Å². The van der Waals surface area contributed by atoms with Gasteiger partial charge in [-0.05, 0) is 32.0 Å². The highest BCUT2D eigenvalue weighted by Gasteiger charge is 2.24. The average molecular weight is 317 g/mol. The molecule has 6 nitrogen and oxygen atoms in total. The van der Waals surface area contributed by atoms with Gasteiger partial charge >= 0.3 is 0 Å². The average Bonchev–Trinajstić information content (AvgIpc) is 2.37. The molecule has 0 aromatic heterocycles. The molecule has 0 spiro atoms. The summed E-state index contributed by atoms with van der Waals surface area (Å²) >= 11 is 0. The molecular weight excluding hydrogens is 297 g/mol. The summed E-state index contributed by atoms with van der Waals surface area (Å²) in [7, 11) is -2.58. The highest BCUT2D eigenvalue weighted by molar-refractivity contribution is 7.89. The Kier molecular flexibility index (Phi) is 5.82. The number of halogens is 1. The number of carbonyl (C=O) groups excluding carboxylic acids is 1. The third kappa shape index (κ3) is 4.48. The second kappa shape index (κ2) is 6.97. The number of nitrogens with zero attached hydrogens (tertiary/aromatic N) is 1. The number of hydrogen-bond acceptors (Lipinski definition) is 4. The van der Waals surface area contributed by atoms with Crippen LogP contribution in [0.25, 0.3) is 0 Å². The first-order valence-corrected chi connectivity index (χ1v) is 7.86. The number of nitrogens with one attached hydrogen (secondary N) is 1. The minimum atomic E-state index is -3.87. The summed E-state index contributed by atoms with van der Waals surface area (Å²) in [6.45, 7) is 3.14. The Bertz CT molecular complexity index is 617. The maximum absolute atomic E-state index is 13.4. The molecule has 118 valence electrons. The number of benzene rings is 1. The van der Waals surface area contributed by atoms with Gasteiger partial charge in [-0.1, -0.05) is 0 Å². The third-order valence-electron chi connectivity index (χ3n) is 2.76. The van der Waals surface area contributed by atoms with Crippen molar-refractivity contribution >= 4 is 15.9 Å². The van der Waals surface area contributed by atoms with Gasteiger partial charge in [-0.2, -0.15) is 4.31 Å². The van der Waals surface area contributed by atoms with Gasteiger partial charge in [-0.15, -0.1) is 0 Å². The Hall–Kier alpha value is -1.51. The van der Waals surface area contributed by atoms with Crippen LogP contribution < -0.4 is 11.1 Å². The molecule has 1 aromatic rings. The van der Waals surface area contributed by atoms with Gasteiger partial charge in [0.1, 0.15) is 5.82 Å². The normalized spacial score (nSPS) is 12.0. The van der Waals surface area contributed by atoms with Gasteiger partial charge in [0.05, 0.1) is 11.4 Å². The van der Waals surface area contributed by atoms with Gasteiger partial charge in [0.25, 0.3) is 0 Å². The molecule has 21 heavy (non-hydrogen) atoms. The quantitative estimate of drug-likeness (QED) is 0.796. The molecule has 0 saturated carbocycles. The first-order valence-electron chi connectivity index (χ1n) is 6.42. The minimum Gasteiger partial charge on any atom is -0.353 e. The summed E-state index contributed by atoms with van der Waals surface area (Å²) in [6, 6.07) is 3.31. The van der Waals surface area contributed by atoms with Crippen molar-refractivity contribution in [1.82, 2.24) is 9.62 Å². The third-order valence-corrected chi connectivity index (χ3v) is 4.56. The lowest BCUT2D eigenvalue weighted by Gasteiger charge is -2.18. The van der Waals surface area contributed by atoms with Crippen LogP contribution in [0, 0.1) is 5.82 Å². The van der Waals surface area contributed by atoms with E-state index >= 15 is 0 Å². The van der Waals surface area contributed by atoms with E-state index in [4.69, 9.17) is 5.73 Å². The van der Waals surface area contributed by atoms with Crippen molar-refractivity contribution in [1.29, 1.82) is 0 Å². The van der Waals surface area contributed by atoms with Gasteiger partial charge in [-0.25, -0.2) is 12.8 Å². The van der Waals surface area contributed by atoms with Crippen molar-refractivity contribution < 1.29 is 17.6 Å². The summed E-state index contributed by atoms with van der Waals surface area (Å²) in [6.07, 6.45) is 0. The minimum absolute atomic E-state index is 0.0803. The molecule has 0 bridgehead atoms. The summed E-state index contributed by atoms with van der Waals surface area (Å²) in [5.41, 5.74) is 5.47. The number of nitrogens with two attached hydrogens (primary N) is 1. The molecule has 0 aliphatic rings. The van der Waals surface area contributed by atoms with Crippen LogP contribution in [0.3, 0.4) is 0 Å². The van der Waals surface area contributed by atoms with Crippen molar-refractivity contribution in [2.24, 2.45) is 5.73 Å². The van der Waals surface area contributed by atoms with Gasteiger partial charge in [-0.3, -0.25) is 4.79 Å². The van der Waals surface area contributed by atoms with Crippen LogP contribution in [0.2, 0.25) is 0 Å². The van der Waals surface area contributed by atoms with Crippen LogP contribution in [0.15, 0.2) is 23.1 Å². The number of sulfonamides is 1. The lowest BCUT2D eigenvalue weighted by atomic mass is 10.2. The lowest BCUT2D eigenvalue weighted by molar-refractivity contribution is -0.121. The van der Waals surface area contributed by atoms with E-state index in [1.807, 2.05) is 0 Å². The molecule has 0 aliphatic heterocycles. The molecule has 1 aromatic carbocycles. The van der Waals surface area contributed by atoms with Gasteiger partial charge in [0.2, 0.25) is 15.9 Å². The van der Waals surface area contributed by atoms with E-state index in [0.29, 0.717) is 0 Å². The van der Waals surface area contributed by atoms with E-state index < -0.39 is 21.7 Å². The summed E-state index contributed by atoms with van der Waals surface area (Å²) < 4.78 is 38.9. The van der Waals surface area contributed by atoms with E-state index in [2.05, 4.69) is 5.32 Å². The Balaban J connectivity index is 2.97. The Morgan fingerprint density at radius 2 is 2.05 bits per heavy atom. The fourth-order valence-electron chi connectivity index (χ4n) is 1.70. The topological polar surface area (TPSA) is 92.5 Å². The highest BCUT2D eigenvalue weighted by atomic mass is 32.2. The SMILES string of the molecule is CC(C)NC(=O)CN(C)S(=O)(=O)c1ccc(F)c(CN)c1. The first-order chi connectivity index (χ1) is 9.68. The van der Waals surface area contributed by atoms with E-state index in [0.717, 1.165) is 16.4 Å². The van der Waals surface area contributed by atoms with Crippen molar-refractivity contribution in [3.05, 3.63) is 29.6 Å². The van der Waals surface area contributed by atoms with Crippen LogP contribution in [0.1, 0.15) is 19.4 Å². The fraction of sp³-hybridized carbons (Fsp3) is 0.462. The van der Waals surface area contributed by atoms with Crippen molar-refractivity contribution in [3.8, 4) is 0 Å². The number of hydrogen-bond donors (Lipinski definition) is 2. The molecule has 0 aliphatic carbocycles. The molecule has 0 unspecified atom stereocenters. The van der Waals surface area contributed by atoms with Crippen LogP contribution in [-0.2, 0) is 21.4 Å². The molecule has 0 radical (unpaired) electrons. The molecule has 8 heteroatoms. The predicted molar refractivity (Wildman–Crippen MR) is 77.4 cm³/mol. The maximum atomic E-state index is 13.4. The Morgan fingerprint density at radius 3 is 2.57 bits per heavy atom. The standard InChI is InChI=1S/C13H20FN3O3S/c1-9(2)16-13(18)8-17(3)21(19,20)11-4-5-12(14)10(6-11)7-15/h4-6,9H,7-8,15H2,1-3H3,(H,16,18). The van der Waals surface area contributed by atoms with Crippen molar-refractivity contribution in [2.45, 2.75) is 31.3 Å². The van der Waals surface area contributed by atoms with E-state index in [1.165, 1.54) is 13.1 Å². The molecular formula is C13H20FN3O3S. The maximum Gasteiger partial charge on any atom is 0.243 e. The number of rotatable bonds is 6. The molecule has 0 atom stereocenters. The van der Waals surface area contributed by atoms with Crippen LogP contribution in [0.5, 0.6) is 0 Å². The van der Waals surface area contributed by atoms with E-state index in [9.17, 15) is 17.6 Å². The number of likely N-dealkylation sites (N-methyl/N-ethyl adjacent to an activating group) is 1. The zero-order chi connectivity index (χ0) is 16.2. The van der Waals surface area contributed by atoms with Crippen LogP contribution >= 0.6 is 0 Å². The van der Waals surface area contributed by atoms with Crippen molar-refractivity contribution in [3.63, 3.8) is 0 Å². The van der Waals surface area contributed by atoms with Crippen LogP contribution in [-0.4, -0.2) is 38.3 Å². The Labute approximate surface area is 124 Å². The van der Waals surface area contributed by atoms with Gasteiger partial charge in [0, 0.05) is 25.2 Å². The fourth-order valence-corrected chi connectivity index (χ4v) is 2.88. The molecule has 0 saturated heterocycles. The second-order valence-corrected chi connectivity index (χ2v) is 6.99. The summed E-state index contributed by atoms with van der Waals surface area (Å²) in [5, 5.41) is 2.60.